The Morgan fingerprint density at radius 1 is 1.15 bits per heavy atom. The molecule has 0 spiro atoms. The number of morpholine rings is 1. The van der Waals surface area contributed by atoms with E-state index in [-0.39, 0.29) is 0 Å². The standard InChI is InChI=1S/C23H23N5O3S2/c29-33(30)25-13-16-2-1-3-17(12-16)20-15-32-21-14-24-23(27-22(20)21)26-18-4-6-19(7-5-18)28-8-10-31-11-9-28/h1-7,12,14-15,25H,8-11,13H2,(H,29,30)(H,24,26,27). The van der Waals surface area contributed by atoms with Crippen molar-refractivity contribution in [3.05, 3.63) is 65.7 Å². The highest BCUT2D eigenvalue weighted by molar-refractivity contribution is 7.77. The molecule has 0 amide bonds. The van der Waals surface area contributed by atoms with E-state index in [2.05, 4.69) is 37.4 Å². The molecule has 1 atom stereocenters. The van der Waals surface area contributed by atoms with Crippen LogP contribution in [0.1, 0.15) is 5.56 Å². The normalized spacial score (nSPS) is 15.0. The van der Waals surface area contributed by atoms with Crippen molar-refractivity contribution in [1.29, 1.82) is 0 Å². The summed E-state index contributed by atoms with van der Waals surface area (Å²) in [6, 6.07) is 16.1. The maximum atomic E-state index is 10.9. The Balaban J connectivity index is 1.36. The molecule has 0 saturated carbocycles. The first-order chi connectivity index (χ1) is 16.2. The second kappa shape index (κ2) is 9.94. The predicted octanol–water partition coefficient (Wildman–Crippen LogP) is 4.16. The molecule has 1 unspecified atom stereocenters. The average Bonchev–Trinajstić information content (AvgIpc) is 3.27. The molecule has 170 valence electrons. The number of hydrogen-bond acceptors (Lipinski definition) is 7. The number of rotatable bonds is 7. The summed E-state index contributed by atoms with van der Waals surface area (Å²) in [5.41, 5.74) is 5.91. The number of fused-ring (bicyclic) bond motifs is 1. The number of nitrogens with zero attached hydrogens (tertiary/aromatic N) is 3. The minimum Gasteiger partial charge on any atom is -0.378 e. The Labute approximate surface area is 198 Å². The Hall–Kier alpha value is -2.89. The topological polar surface area (TPSA) is 99.6 Å². The van der Waals surface area contributed by atoms with E-state index in [1.54, 1.807) is 11.3 Å². The summed E-state index contributed by atoms with van der Waals surface area (Å²) >= 11 is -0.450. The van der Waals surface area contributed by atoms with Gasteiger partial charge in [0.2, 0.25) is 17.2 Å². The molecule has 0 radical (unpaired) electrons. The molecule has 1 aliphatic rings. The summed E-state index contributed by atoms with van der Waals surface area (Å²) in [6.45, 7) is 3.64. The van der Waals surface area contributed by atoms with Gasteiger partial charge in [-0.25, -0.2) is 18.9 Å². The molecule has 2 aromatic carbocycles. The summed E-state index contributed by atoms with van der Waals surface area (Å²) in [5, 5.41) is 5.37. The zero-order valence-corrected chi connectivity index (χ0v) is 19.4. The highest BCUT2D eigenvalue weighted by Gasteiger charge is 2.13. The van der Waals surface area contributed by atoms with Gasteiger partial charge in [-0.1, -0.05) is 18.2 Å². The van der Waals surface area contributed by atoms with Gasteiger partial charge in [-0.05, 0) is 41.5 Å². The van der Waals surface area contributed by atoms with Gasteiger partial charge >= 0.3 is 0 Å². The van der Waals surface area contributed by atoms with E-state index in [4.69, 9.17) is 14.3 Å². The van der Waals surface area contributed by atoms with Crippen LogP contribution in [-0.2, 0) is 22.5 Å². The minimum absolute atomic E-state index is 0.307. The first-order valence-electron chi connectivity index (χ1n) is 10.5. The van der Waals surface area contributed by atoms with Crippen LogP contribution in [0.5, 0.6) is 0 Å². The summed E-state index contributed by atoms with van der Waals surface area (Å²) < 4.78 is 28.8. The molecule has 1 saturated heterocycles. The summed E-state index contributed by atoms with van der Waals surface area (Å²) in [6.07, 6.45) is 1.83. The lowest BCUT2D eigenvalue weighted by Gasteiger charge is -2.28. The van der Waals surface area contributed by atoms with Crippen LogP contribution in [0.2, 0.25) is 0 Å². The van der Waals surface area contributed by atoms with Crippen molar-refractivity contribution < 1.29 is 13.5 Å². The largest absolute Gasteiger partial charge is 0.378 e. The zero-order valence-electron chi connectivity index (χ0n) is 17.7. The molecule has 2 aromatic heterocycles. The van der Waals surface area contributed by atoms with Crippen molar-refractivity contribution in [3.8, 4) is 11.1 Å². The smallest absolute Gasteiger partial charge is 0.232 e. The van der Waals surface area contributed by atoms with Crippen molar-refractivity contribution in [3.63, 3.8) is 0 Å². The second-order valence-electron chi connectivity index (χ2n) is 7.60. The van der Waals surface area contributed by atoms with Gasteiger partial charge in [-0.2, -0.15) is 0 Å². The Bertz CT molecular complexity index is 1270. The third-order valence-corrected chi connectivity index (χ3v) is 6.75. The number of aromatic nitrogens is 2. The van der Waals surface area contributed by atoms with Gasteiger partial charge in [0, 0.05) is 42.0 Å². The van der Waals surface area contributed by atoms with E-state index in [1.165, 1.54) is 5.69 Å². The number of hydrogen-bond donors (Lipinski definition) is 3. The fourth-order valence-corrected chi connectivity index (χ4v) is 4.96. The quantitative estimate of drug-likeness (QED) is 0.341. The molecule has 3 heterocycles. The van der Waals surface area contributed by atoms with E-state index in [1.807, 2.05) is 42.6 Å². The Kier molecular flexibility index (Phi) is 6.60. The lowest BCUT2D eigenvalue weighted by Crippen LogP contribution is -2.36. The maximum absolute atomic E-state index is 10.9. The van der Waals surface area contributed by atoms with Crippen molar-refractivity contribution in [2.45, 2.75) is 6.54 Å². The Morgan fingerprint density at radius 3 is 2.76 bits per heavy atom. The van der Waals surface area contributed by atoms with Gasteiger partial charge in [0.05, 0.1) is 29.6 Å². The van der Waals surface area contributed by atoms with E-state index >= 15 is 0 Å². The molecule has 3 N–H and O–H groups in total. The third-order valence-electron chi connectivity index (χ3n) is 5.45. The first-order valence-corrected chi connectivity index (χ1v) is 12.5. The van der Waals surface area contributed by atoms with Crippen molar-refractivity contribution >= 4 is 50.1 Å². The van der Waals surface area contributed by atoms with Gasteiger partial charge in [-0.3, -0.25) is 4.55 Å². The molecule has 10 heteroatoms. The molecule has 5 rings (SSSR count). The molecule has 4 aromatic rings. The number of nitrogens with one attached hydrogen (secondary N) is 2. The van der Waals surface area contributed by atoms with Crippen LogP contribution >= 0.6 is 11.3 Å². The van der Waals surface area contributed by atoms with Crippen LogP contribution in [0.3, 0.4) is 0 Å². The average molecular weight is 482 g/mol. The number of anilines is 3. The van der Waals surface area contributed by atoms with E-state index in [0.29, 0.717) is 12.5 Å². The Morgan fingerprint density at radius 2 is 1.97 bits per heavy atom. The van der Waals surface area contributed by atoms with Crippen LogP contribution in [0.4, 0.5) is 17.3 Å². The molecule has 0 aliphatic carbocycles. The second-order valence-corrected chi connectivity index (χ2v) is 9.30. The van der Waals surface area contributed by atoms with Crippen molar-refractivity contribution in [1.82, 2.24) is 14.7 Å². The summed E-state index contributed by atoms with van der Waals surface area (Å²) in [7, 11) is 0. The first kappa shape index (κ1) is 21.9. The lowest BCUT2D eigenvalue weighted by molar-refractivity contribution is 0.122. The number of benzene rings is 2. The van der Waals surface area contributed by atoms with E-state index in [9.17, 15) is 4.21 Å². The highest BCUT2D eigenvalue weighted by atomic mass is 32.2. The fraction of sp³-hybridized carbons (Fsp3) is 0.217. The molecule has 8 nitrogen and oxygen atoms in total. The van der Waals surface area contributed by atoms with Gasteiger partial charge < -0.3 is 15.0 Å². The van der Waals surface area contributed by atoms with Crippen molar-refractivity contribution in [2.75, 3.05) is 36.5 Å². The van der Waals surface area contributed by atoms with Gasteiger partial charge in [0.15, 0.2) is 0 Å². The van der Waals surface area contributed by atoms with Gasteiger partial charge in [-0.15, -0.1) is 11.3 Å². The molecule has 1 aliphatic heterocycles. The number of thiophene rings is 1. The predicted molar refractivity (Wildman–Crippen MR) is 133 cm³/mol. The van der Waals surface area contributed by atoms with Crippen molar-refractivity contribution in [2.24, 2.45) is 0 Å². The minimum atomic E-state index is -2.04. The van der Waals surface area contributed by atoms with E-state index in [0.717, 1.165) is 58.9 Å². The lowest BCUT2D eigenvalue weighted by atomic mass is 10.0. The number of ether oxygens (including phenoxy) is 1. The van der Waals surface area contributed by atoms with Crippen LogP contribution in [0.15, 0.2) is 60.1 Å². The molecule has 33 heavy (non-hydrogen) atoms. The van der Waals surface area contributed by atoms with Crippen LogP contribution in [0.25, 0.3) is 21.3 Å². The maximum Gasteiger partial charge on any atom is 0.232 e. The summed E-state index contributed by atoms with van der Waals surface area (Å²) in [4.78, 5) is 11.6. The van der Waals surface area contributed by atoms with Gasteiger partial charge in [0.25, 0.3) is 0 Å². The third kappa shape index (κ3) is 5.21. The summed E-state index contributed by atoms with van der Waals surface area (Å²) in [5.74, 6) is 0.537. The fourth-order valence-electron chi connectivity index (χ4n) is 3.79. The van der Waals surface area contributed by atoms with E-state index < -0.39 is 11.3 Å². The molecule has 1 fully saturated rings. The van der Waals surface area contributed by atoms with Gasteiger partial charge in [0.1, 0.15) is 0 Å². The SMILES string of the molecule is O=S(O)NCc1cccc(-c2csc3cnc(Nc4ccc(N5CCOCC5)cc4)nc23)c1. The van der Waals surface area contributed by atoms with Crippen LogP contribution in [0, 0.1) is 0 Å². The zero-order chi connectivity index (χ0) is 22.6. The molecular formula is C23H23N5O3S2. The van der Waals surface area contributed by atoms with Crippen LogP contribution < -0.4 is 14.9 Å². The molecule has 0 bridgehead atoms. The highest BCUT2D eigenvalue weighted by Crippen LogP contribution is 2.33. The molecular weight excluding hydrogens is 458 g/mol. The van der Waals surface area contributed by atoms with Crippen LogP contribution in [-0.4, -0.2) is 45.0 Å². The monoisotopic (exact) mass is 481 g/mol.